The zero-order valence-corrected chi connectivity index (χ0v) is 29.3. The van der Waals surface area contributed by atoms with E-state index in [0.717, 1.165) is 33.6 Å². The lowest BCUT2D eigenvalue weighted by atomic mass is 9.35. The number of fused-ring (bicyclic) bond motifs is 4. The Labute approximate surface area is 304 Å². The molecule has 5 heteroatoms. The maximum Gasteiger partial charge on any atom is 0.262 e. The van der Waals surface area contributed by atoms with Crippen molar-refractivity contribution in [3.8, 4) is 45.4 Å². The lowest BCUT2D eigenvalue weighted by Crippen LogP contribution is -2.75. The van der Waals surface area contributed by atoms with Crippen molar-refractivity contribution in [2.45, 2.75) is 0 Å². The van der Waals surface area contributed by atoms with Gasteiger partial charge in [-0.15, -0.1) is 0 Å². The monoisotopic (exact) mass is 681 g/mol. The fourth-order valence-corrected chi connectivity index (χ4v) is 13.1. The highest BCUT2D eigenvalue weighted by molar-refractivity contribution is 7.20. The zero-order valence-electron chi connectivity index (χ0n) is 28.3. The van der Waals surface area contributed by atoms with E-state index in [9.17, 15) is 0 Å². The third kappa shape index (κ3) is 4.85. The second-order valence-electron chi connectivity index (χ2n) is 13.5. The molecule has 0 bridgehead atoms. The summed E-state index contributed by atoms with van der Waals surface area (Å²) in [5, 5.41) is 5.18. The number of aromatic nitrogens is 1. The summed E-state index contributed by atoms with van der Waals surface area (Å²) in [4.78, 5) is 4.63. The predicted molar refractivity (Wildman–Crippen MR) is 216 cm³/mol. The van der Waals surface area contributed by atoms with Crippen LogP contribution in [-0.4, -0.2) is 19.8 Å². The molecule has 0 unspecified atom stereocenters. The van der Waals surface area contributed by atoms with Gasteiger partial charge in [0.1, 0.15) is 17.2 Å². The summed E-state index contributed by atoms with van der Waals surface area (Å²) in [6.45, 7) is -0.0444. The number of pyridine rings is 1. The molecule has 0 saturated heterocycles. The largest absolute Gasteiger partial charge is 0.458 e. The van der Waals surface area contributed by atoms with E-state index in [2.05, 4.69) is 175 Å². The van der Waals surface area contributed by atoms with Crippen LogP contribution in [0.2, 0.25) is 0 Å². The van der Waals surface area contributed by atoms with Gasteiger partial charge in [-0.1, -0.05) is 170 Å². The molecule has 0 saturated carbocycles. The summed E-state index contributed by atoms with van der Waals surface area (Å²) in [5.41, 5.74) is 8.03. The van der Waals surface area contributed by atoms with Crippen LogP contribution in [0.4, 0.5) is 0 Å². The van der Waals surface area contributed by atoms with Gasteiger partial charge in [0.15, 0.2) is 8.07 Å². The maximum absolute atomic E-state index is 6.87. The molecule has 2 aliphatic rings. The van der Waals surface area contributed by atoms with Crippen molar-refractivity contribution in [1.82, 2.24) is 4.98 Å². The van der Waals surface area contributed by atoms with E-state index in [-0.39, 0.29) is 6.71 Å². The Hall–Kier alpha value is -6.43. The molecule has 0 N–H and O–H groups in total. The fourth-order valence-electron chi connectivity index (χ4n) is 8.29. The van der Waals surface area contributed by atoms with Crippen LogP contribution in [0, 0.1) is 0 Å². The lowest BCUT2D eigenvalue weighted by Gasteiger charge is -2.37. The molecule has 0 aliphatic carbocycles. The third-order valence-electron chi connectivity index (χ3n) is 10.6. The first-order valence-electron chi connectivity index (χ1n) is 17.7. The van der Waals surface area contributed by atoms with Crippen LogP contribution < -0.4 is 46.6 Å². The molecular weight excluding hydrogens is 649 g/mol. The molecule has 0 radical (unpaired) electrons. The average Bonchev–Trinajstić information content (AvgIpc) is 3.22. The van der Waals surface area contributed by atoms with E-state index < -0.39 is 8.07 Å². The quantitative estimate of drug-likeness (QED) is 0.148. The molecule has 0 spiro atoms. The Kier molecular flexibility index (Phi) is 7.26. The van der Waals surface area contributed by atoms with Gasteiger partial charge in [-0.25, -0.2) is 4.98 Å². The minimum absolute atomic E-state index is 0.0444. The van der Waals surface area contributed by atoms with Crippen LogP contribution >= 0.6 is 0 Å². The summed E-state index contributed by atoms with van der Waals surface area (Å²) in [6.07, 6.45) is 1.78. The minimum atomic E-state index is -3.00. The average molecular weight is 682 g/mol. The number of hydrogen-bond acceptors (Lipinski definition) is 3. The summed E-state index contributed by atoms with van der Waals surface area (Å²) in [5.74, 6) is 3.11. The highest BCUT2D eigenvalue weighted by Gasteiger charge is 2.45. The smallest absolute Gasteiger partial charge is 0.262 e. The van der Waals surface area contributed by atoms with E-state index in [4.69, 9.17) is 9.47 Å². The van der Waals surface area contributed by atoms with Gasteiger partial charge in [0.2, 0.25) is 5.88 Å². The maximum atomic E-state index is 6.87. The van der Waals surface area contributed by atoms with Crippen molar-refractivity contribution in [1.29, 1.82) is 0 Å². The highest BCUT2D eigenvalue weighted by atomic mass is 28.3. The van der Waals surface area contributed by atoms with Gasteiger partial charge < -0.3 is 9.47 Å². The Morgan fingerprint density at radius 1 is 0.385 bits per heavy atom. The van der Waals surface area contributed by atoms with Gasteiger partial charge in [0.25, 0.3) is 6.71 Å². The molecule has 8 aromatic rings. The highest BCUT2D eigenvalue weighted by Crippen LogP contribution is 2.33. The molecule has 52 heavy (non-hydrogen) atoms. The molecule has 7 aromatic carbocycles. The van der Waals surface area contributed by atoms with Crippen molar-refractivity contribution in [3.05, 3.63) is 194 Å². The Balaban J connectivity index is 1.26. The minimum Gasteiger partial charge on any atom is -0.458 e. The van der Waals surface area contributed by atoms with E-state index in [0.29, 0.717) is 5.88 Å². The summed E-state index contributed by atoms with van der Waals surface area (Å²) in [6, 6.07) is 68.2. The number of para-hydroxylation sites is 1. The summed E-state index contributed by atoms with van der Waals surface area (Å²) >= 11 is 0. The number of benzene rings is 7. The third-order valence-corrected chi connectivity index (χ3v) is 15.4. The van der Waals surface area contributed by atoms with Crippen LogP contribution in [0.15, 0.2) is 194 Å². The van der Waals surface area contributed by atoms with Gasteiger partial charge in [-0.2, -0.15) is 0 Å². The number of nitrogens with zero attached hydrogens (tertiary/aromatic N) is 1. The first-order chi connectivity index (χ1) is 25.8. The molecule has 1 aromatic heterocycles. The van der Waals surface area contributed by atoms with Gasteiger partial charge in [0.05, 0.1) is 0 Å². The fraction of sp³-hybridized carbons (Fsp3) is 0. The van der Waals surface area contributed by atoms with Gasteiger partial charge in [0, 0.05) is 11.7 Å². The van der Waals surface area contributed by atoms with Crippen molar-refractivity contribution in [2.75, 3.05) is 0 Å². The molecule has 2 aliphatic heterocycles. The van der Waals surface area contributed by atoms with Crippen LogP contribution in [-0.2, 0) is 0 Å². The molecular formula is C47H32BNO2Si. The van der Waals surface area contributed by atoms with Crippen molar-refractivity contribution in [2.24, 2.45) is 0 Å². The van der Waals surface area contributed by atoms with Crippen LogP contribution in [0.3, 0.4) is 0 Å². The standard InChI is InChI=1S/C47H32BNO2Si/c1-4-14-33(15-5-1)35-18-12-22-38(30-35)52(37-20-8-3-9-21-37,39-23-13-19-36(31-39)34-16-6-2-7-17-34)40-26-27-42-45(32-40)50-44-28-29-49-47-46(44)48(42)41-24-10-11-25-43(41)51-47/h1-32H. The second kappa shape index (κ2) is 12.4. The van der Waals surface area contributed by atoms with Crippen LogP contribution in [0.25, 0.3) is 22.3 Å². The number of ether oxygens (including phenoxy) is 2. The number of rotatable bonds is 6. The molecule has 0 amide bonds. The summed E-state index contributed by atoms with van der Waals surface area (Å²) in [7, 11) is -3.00. The predicted octanol–water partition coefficient (Wildman–Crippen LogP) is 6.52. The van der Waals surface area contributed by atoms with Crippen molar-refractivity contribution >= 4 is 51.9 Å². The first-order valence-corrected chi connectivity index (χ1v) is 19.7. The summed E-state index contributed by atoms with van der Waals surface area (Å²) < 4.78 is 13.2. The van der Waals surface area contributed by atoms with Gasteiger partial charge in [-0.05, 0) is 72.1 Å². The van der Waals surface area contributed by atoms with Crippen LogP contribution in [0.1, 0.15) is 0 Å². The first kappa shape index (κ1) is 30.4. The van der Waals surface area contributed by atoms with E-state index >= 15 is 0 Å². The second-order valence-corrected chi connectivity index (χ2v) is 17.3. The SMILES string of the molecule is c1ccc(-c2cccc([Si](c3ccccc3)(c3cccc(-c4ccccc4)c3)c3ccc4c(c3)Oc3ccnc5c3B4c3ccccc3O5)c2)cc1. The molecule has 3 heterocycles. The molecule has 0 fully saturated rings. The molecule has 3 nitrogen and oxygen atoms in total. The number of hydrogen-bond donors (Lipinski definition) is 0. The molecule has 10 rings (SSSR count). The van der Waals surface area contributed by atoms with E-state index in [1.54, 1.807) is 6.20 Å². The normalized spacial score (nSPS) is 12.5. The van der Waals surface area contributed by atoms with Crippen LogP contribution in [0.5, 0.6) is 23.1 Å². The Bertz CT molecular complexity index is 2510. The van der Waals surface area contributed by atoms with Gasteiger partial charge in [-0.3, -0.25) is 0 Å². The van der Waals surface area contributed by atoms with Crippen molar-refractivity contribution < 1.29 is 9.47 Å². The van der Waals surface area contributed by atoms with Crippen molar-refractivity contribution in [3.63, 3.8) is 0 Å². The topological polar surface area (TPSA) is 31.4 Å². The Morgan fingerprint density at radius 2 is 0.923 bits per heavy atom. The molecule has 0 atom stereocenters. The van der Waals surface area contributed by atoms with E-state index in [1.165, 1.54) is 43.0 Å². The zero-order chi connectivity index (χ0) is 34.5. The Morgan fingerprint density at radius 3 is 1.60 bits per heavy atom. The molecule has 244 valence electrons. The van der Waals surface area contributed by atoms with E-state index in [1.807, 2.05) is 18.2 Å². The van der Waals surface area contributed by atoms with Gasteiger partial charge >= 0.3 is 0 Å². The lowest BCUT2D eigenvalue weighted by molar-refractivity contribution is 0.450.